The van der Waals surface area contributed by atoms with Gasteiger partial charge in [0.2, 0.25) is 5.91 Å². The van der Waals surface area contributed by atoms with E-state index in [0.29, 0.717) is 16.8 Å². The minimum absolute atomic E-state index is 0.312. The Kier molecular flexibility index (Phi) is 7.25. The van der Waals surface area contributed by atoms with Crippen molar-refractivity contribution >= 4 is 34.5 Å². The third-order valence-corrected chi connectivity index (χ3v) is 6.78. The first-order valence-corrected chi connectivity index (χ1v) is 11.9. The third kappa shape index (κ3) is 5.52. The quantitative estimate of drug-likeness (QED) is 0.580. The molecule has 1 aromatic heterocycles. The molecule has 30 heavy (non-hydrogen) atoms. The van der Waals surface area contributed by atoms with Crippen LogP contribution in [0.2, 0.25) is 5.02 Å². The SMILES string of the molecule is COCCCn1c(CN2CCN(C(=O)C3CC3)CC2)csc1=Nc1cccc(Cl)c1. The molecule has 1 saturated carbocycles. The molecule has 0 atom stereocenters. The van der Waals surface area contributed by atoms with Gasteiger partial charge in [-0.3, -0.25) is 9.69 Å². The van der Waals surface area contributed by atoms with Crippen LogP contribution in [0.3, 0.4) is 0 Å². The highest BCUT2D eigenvalue weighted by molar-refractivity contribution is 7.07. The van der Waals surface area contributed by atoms with Gasteiger partial charge in [-0.15, -0.1) is 11.3 Å². The number of carbonyl (C=O) groups excluding carboxylic acids is 1. The number of amides is 1. The van der Waals surface area contributed by atoms with Crippen molar-refractivity contribution in [2.75, 3.05) is 39.9 Å². The molecule has 1 aliphatic carbocycles. The molecule has 8 heteroatoms. The van der Waals surface area contributed by atoms with Crippen LogP contribution in [0.4, 0.5) is 5.69 Å². The fourth-order valence-electron chi connectivity index (χ4n) is 3.79. The Hall–Kier alpha value is -1.67. The van der Waals surface area contributed by atoms with Gasteiger partial charge in [0.05, 0.1) is 5.69 Å². The third-order valence-electron chi connectivity index (χ3n) is 5.64. The second-order valence-corrected chi connectivity index (χ2v) is 9.25. The van der Waals surface area contributed by atoms with Crippen molar-refractivity contribution in [3.05, 3.63) is 45.2 Å². The van der Waals surface area contributed by atoms with E-state index in [1.54, 1.807) is 18.4 Å². The Morgan fingerprint density at radius 3 is 2.77 bits per heavy atom. The summed E-state index contributed by atoms with van der Waals surface area (Å²) in [4.78, 5) is 22.6. The van der Waals surface area contributed by atoms with E-state index in [9.17, 15) is 4.79 Å². The van der Waals surface area contributed by atoms with Crippen molar-refractivity contribution in [2.45, 2.75) is 32.4 Å². The lowest BCUT2D eigenvalue weighted by Gasteiger charge is -2.35. The molecule has 1 saturated heterocycles. The van der Waals surface area contributed by atoms with E-state index in [4.69, 9.17) is 21.3 Å². The molecule has 4 rings (SSSR count). The first kappa shape index (κ1) is 21.6. The average molecular weight is 449 g/mol. The fourth-order valence-corrected chi connectivity index (χ4v) is 4.91. The molecule has 162 valence electrons. The summed E-state index contributed by atoms with van der Waals surface area (Å²) in [6.45, 7) is 5.99. The van der Waals surface area contributed by atoms with Gasteiger partial charge in [0, 0.05) is 75.0 Å². The lowest BCUT2D eigenvalue weighted by Crippen LogP contribution is -2.49. The summed E-state index contributed by atoms with van der Waals surface area (Å²) >= 11 is 7.79. The summed E-state index contributed by atoms with van der Waals surface area (Å²) in [7, 11) is 1.73. The predicted molar refractivity (Wildman–Crippen MR) is 120 cm³/mol. The summed E-state index contributed by atoms with van der Waals surface area (Å²) in [5, 5.41) is 2.90. The van der Waals surface area contributed by atoms with E-state index in [1.165, 1.54) is 5.69 Å². The Balaban J connectivity index is 1.47. The fraction of sp³-hybridized carbons (Fsp3) is 0.545. The van der Waals surface area contributed by atoms with Gasteiger partial charge < -0.3 is 14.2 Å². The molecule has 1 aromatic carbocycles. The molecule has 1 amide bonds. The van der Waals surface area contributed by atoms with E-state index in [2.05, 4.69) is 14.8 Å². The summed E-state index contributed by atoms with van der Waals surface area (Å²) in [6, 6.07) is 7.64. The number of ether oxygens (including phenoxy) is 1. The minimum atomic E-state index is 0.312. The molecule has 6 nitrogen and oxygen atoms in total. The number of thiazole rings is 1. The van der Waals surface area contributed by atoms with Gasteiger partial charge in [0.25, 0.3) is 0 Å². The van der Waals surface area contributed by atoms with Gasteiger partial charge in [-0.1, -0.05) is 17.7 Å². The summed E-state index contributed by atoms with van der Waals surface area (Å²) in [5.41, 5.74) is 2.13. The number of piperazine rings is 1. The Bertz CT molecular complexity index is 929. The lowest BCUT2D eigenvalue weighted by molar-refractivity contribution is -0.134. The summed E-state index contributed by atoms with van der Waals surface area (Å²) < 4.78 is 7.55. The van der Waals surface area contributed by atoms with Crippen LogP contribution < -0.4 is 4.80 Å². The number of aromatic nitrogens is 1. The molecule has 0 N–H and O–H groups in total. The van der Waals surface area contributed by atoms with Crippen molar-refractivity contribution in [3.63, 3.8) is 0 Å². The second kappa shape index (κ2) is 10.1. The average Bonchev–Trinajstić information content (AvgIpc) is 3.53. The highest BCUT2D eigenvalue weighted by Crippen LogP contribution is 2.31. The molecule has 2 aliphatic rings. The van der Waals surface area contributed by atoms with Crippen LogP contribution in [0, 0.1) is 5.92 Å². The van der Waals surface area contributed by atoms with E-state index in [0.717, 1.165) is 75.6 Å². The van der Waals surface area contributed by atoms with Crippen LogP contribution in [0.15, 0.2) is 34.6 Å². The Morgan fingerprint density at radius 1 is 1.27 bits per heavy atom. The van der Waals surface area contributed by atoms with Crippen LogP contribution in [0.25, 0.3) is 0 Å². The summed E-state index contributed by atoms with van der Waals surface area (Å²) in [6.07, 6.45) is 3.09. The molecular weight excluding hydrogens is 420 g/mol. The van der Waals surface area contributed by atoms with E-state index in [-0.39, 0.29) is 0 Å². The number of methoxy groups -OCH3 is 1. The number of benzene rings is 1. The molecule has 2 aromatic rings. The zero-order valence-electron chi connectivity index (χ0n) is 17.4. The maximum absolute atomic E-state index is 12.3. The minimum Gasteiger partial charge on any atom is -0.385 e. The van der Waals surface area contributed by atoms with Crippen LogP contribution >= 0.6 is 22.9 Å². The van der Waals surface area contributed by atoms with E-state index < -0.39 is 0 Å². The van der Waals surface area contributed by atoms with Crippen molar-refractivity contribution in [1.29, 1.82) is 0 Å². The Morgan fingerprint density at radius 2 is 2.07 bits per heavy atom. The molecule has 1 aliphatic heterocycles. The van der Waals surface area contributed by atoms with Gasteiger partial charge in [-0.05, 0) is 37.5 Å². The highest BCUT2D eigenvalue weighted by atomic mass is 35.5. The van der Waals surface area contributed by atoms with E-state index in [1.807, 2.05) is 29.2 Å². The zero-order chi connectivity index (χ0) is 20.9. The van der Waals surface area contributed by atoms with Gasteiger partial charge in [0.1, 0.15) is 0 Å². The van der Waals surface area contributed by atoms with Gasteiger partial charge in [-0.2, -0.15) is 0 Å². The standard InChI is InChI=1S/C22H29ClN4O2S/c1-29-13-3-8-27-20(16-30-22(27)24-19-5-2-4-18(23)14-19)15-25-9-11-26(12-10-25)21(28)17-6-7-17/h2,4-5,14,16-17H,3,6-13,15H2,1H3. The lowest BCUT2D eigenvalue weighted by atomic mass is 10.2. The van der Waals surface area contributed by atoms with Crippen LogP contribution in [-0.2, 0) is 22.6 Å². The topological polar surface area (TPSA) is 50.1 Å². The van der Waals surface area contributed by atoms with Crippen molar-refractivity contribution < 1.29 is 9.53 Å². The molecular formula is C22H29ClN4O2S. The van der Waals surface area contributed by atoms with Crippen LogP contribution in [-0.4, -0.2) is 60.2 Å². The molecule has 0 spiro atoms. The molecule has 0 bridgehead atoms. The van der Waals surface area contributed by atoms with Gasteiger partial charge >= 0.3 is 0 Å². The van der Waals surface area contributed by atoms with Crippen molar-refractivity contribution in [3.8, 4) is 0 Å². The number of hydrogen-bond acceptors (Lipinski definition) is 5. The Labute approximate surface area is 186 Å². The number of halogens is 1. The first-order valence-electron chi connectivity index (χ1n) is 10.6. The molecule has 2 fully saturated rings. The predicted octanol–water partition coefficient (Wildman–Crippen LogP) is 3.53. The first-order chi connectivity index (χ1) is 14.6. The monoisotopic (exact) mass is 448 g/mol. The summed E-state index contributed by atoms with van der Waals surface area (Å²) in [5.74, 6) is 0.675. The number of carbonyl (C=O) groups is 1. The molecule has 2 heterocycles. The smallest absolute Gasteiger partial charge is 0.225 e. The van der Waals surface area contributed by atoms with E-state index >= 15 is 0 Å². The number of nitrogens with zero attached hydrogens (tertiary/aromatic N) is 4. The zero-order valence-corrected chi connectivity index (χ0v) is 19.0. The molecule has 0 radical (unpaired) electrons. The highest BCUT2D eigenvalue weighted by Gasteiger charge is 2.34. The normalized spacial score (nSPS) is 18.2. The van der Waals surface area contributed by atoms with Crippen molar-refractivity contribution in [1.82, 2.24) is 14.4 Å². The molecule has 0 unspecified atom stereocenters. The number of hydrogen-bond donors (Lipinski definition) is 0. The van der Waals surface area contributed by atoms with Crippen LogP contribution in [0.5, 0.6) is 0 Å². The maximum atomic E-state index is 12.3. The van der Waals surface area contributed by atoms with Crippen LogP contribution in [0.1, 0.15) is 25.0 Å². The largest absolute Gasteiger partial charge is 0.385 e. The second-order valence-electron chi connectivity index (χ2n) is 7.97. The number of rotatable bonds is 8. The maximum Gasteiger partial charge on any atom is 0.225 e. The van der Waals surface area contributed by atoms with Gasteiger partial charge in [-0.25, -0.2) is 4.99 Å². The van der Waals surface area contributed by atoms with Crippen molar-refractivity contribution in [2.24, 2.45) is 10.9 Å². The van der Waals surface area contributed by atoms with Gasteiger partial charge in [0.15, 0.2) is 4.80 Å².